The molecule has 0 aliphatic heterocycles. The van der Waals surface area contributed by atoms with E-state index in [1.54, 1.807) is 24.3 Å². The molecule has 1 N–H and O–H groups in total. The van der Waals surface area contributed by atoms with E-state index in [4.69, 9.17) is 11.6 Å². The number of rotatable bonds is 11. The van der Waals surface area contributed by atoms with Gasteiger partial charge in [-0.3, -0.25) is 13.9 Å². The van der Waals surface area contributed by atoms with E-state index in [0.717, 1.165) is 31.2 Å². The minimum absolute atomic E-state index is 0.0593. The highest BCUT2D eigenvalue weighted by atomic mass is 35.5. The highest BCUT2D eigenvalue weighted by Crippen LogP contribution is 2.23. The predicted octanol–water partition coefficient (Wildman–Crippen LogP) is 3.72. The van der Waals surface area contributed by atoms with Crippen LogP contribution >= 0.6 is 11.6 Å². The first-order chi connectivity index (χ1) is 16.0. The summed E-state index contributed by atoms with van der Waals surface area (Å²) in [5.41, 5.74) is 0.344. The van der Waals surface area contributed by atoms with Crippen LogP contribution in [0.1, 0.15) is 32.3 Å². The van der Waals surface area contributed by atoms with E-state index in [1.807, 2.05) is 6.92 Å². The third kappa shape index (κ3) is 7.39. The van der Waals surface area contributed by atoms with Crippen LogP contribution in [0.15, 0.2) is 42.5 Å². The average molecular weight is 516 g/mol. The molecule has 0 saturated heterocycles. The zero-order valence-corrected chi connectivity index (χ0v) is 20.8. The van der Waals surface area contributed by atoms with Gasteiger partial charge in [0.15, 0.2) is 11.6 Å². The zero-order valence-electron chi connectivity index (χ0n) is 19.2. The van der Waals surface area contributed by atoms with Gasteiger partial charge in [-0.15, -0.1) is 0 Å². The smallest absolute Gasteiger partial charge is 0.244 e. The molecule has 2 rings (SSSR count). The minimum Gasteiger partial charge on any atom is -0.354 e. The van der Waals surface area contributed by atoms with Crippen molar-refractivity contribution in [3.63, 3.8) is 0 Å². The van der Waals surface area contributed by atoms with Crippen molar-refractivity contribution < 1.29 is 26.8 Å². The van der Waals surface area contributed by atoms with Crippen LogP contribution in [0.2, 0.25) is 5.02 Å². The Balaban J connectivity index is 2.38. The fourth-order valence-corrected chi connectivity index (χ4v) is 4.22. The molecule has 0 heterocycles. The Bertz CT molecular complexity index is 1130. The van der Waals surface area contributed by atoms with E-state index >= 15 is 0 Å². The molecule has 0 spiro atoms. The molecule has 0 aliphatic carbocycles. The monoisotopic (exact) mass is 515 g/mol. The molecular formula is C23H28ClF2N3O4S. The van der Waals surface area contributed by atoms with Gasteiger partial charge in [0, 0.05) is 24.2 Å². The maximum atomic E-state index is 13.8. The maximum Gasteiger partial charge on any atom is 0.244 e. The van der Waals surface area contributed by atoms with Gasteiger partial charge < -0.3 is 10.2 Å². The highest BCUT2D eigenvalue weighted by molar-refractivity contribution is 7.92. The summed E-state index contributed by atoms with van der Waals surface area (Å²) in [5, 5.41) is 3.13. The van der Waals surface area contributed by atoms with Gasteiger partial charge in [-0.25, -0.2) is 17.2 Å². The van der Waals surface area contributed by atoms with Crippen molar-refractivity contribution >= 4 is 39.1 Å². The topological polar surface area (TPSA) is 86.8 Å². The van der Waals surface area contributed by atoms with E-state index in [2.05, 4.69) is 5.32 Å². The number of benzene rings is 2. The standard InChI is InChI=1S/C23H28ClF2N3O4S/c1-4-5-12-27-23(31)16(2)28(14-17-8-6-7-9-19(17)24)22(30)15-29(34(3,32)33)18-10-11-20(25)21(26)13-18/h6-11,13,16H,4-5,12,14-15H2,1-3H3,(H,27,31)/t16-/m0/s1. The van der Waals surface area contributed by atoms with Crippen LogP contribution in [-0.4, -0.2) is 50.5 Å². The Morgan fingerprint density at radius 2 is 1.79 bits per heavy atom. The summed E-state index contributed by atoms with van der Waals surface area (Å²) in [6.07, 6.45) is 2.48. The first-order valence-corrected chi connectivity index (χ1v) is 12.9. The van der Waals surface area contributed by atoms with Gasteiger partial charge >= 0.3 is 0 Å². The Morgan fingerprint density at radius 1 is 1.12 bits per heavy atom. The molecule has 1 atom stereocenters. The Labute approximate surface area is 203 Å². The van der Waals surface area contributed by atoms with Crippen molar-refractivity contribution in [2.24, 2.45) is 0 Å². The van der Waals surface area contributed by atoms with Gasteiger partial charge in [0.25, 0.3) is 0 Å². The number of nitrogens with one attached hydrogen (secondary N) is 1. The lowest BCUT2D eigenvalue weighted by Crippen LogP contribution is -2.51. The minimum atomic E-state index is -4.05. The van der Waals surface area contributed by atoms with E-state index in [9.17, 15) is 26.8 Å². The van der Waals surface area contributed by atoms with Gasteiger partial charge in [0.1, 0.15) is 12.6 Å². The van der Waals surface area contributed by atoms with Crippen molar-refractivity contribution in [1.29, 1.82) is 0 Å². The van der Waals surface area contributed by atoms with Crippen molar-refractivity contribution in [1.82, 2.24) is 10.2 Å². The number of carbonyl (C=O) groups is 2. The van der Waals surface area contributed by atoms with Crippen molar-refractivity contribution in [3.8, 4) is 0 Å². The molecule has 186 valence electrons. The number of unbranched alkanes of at least 4 members (excludes halogenated alkanes) is 1. The summed E-state index contributed by atoms with van der Waals surface area (Å²) in [4.78, 5) is 27.3. The first kappa shape index (κ1) is 27.5. The second-order valence-corrected chi connectivity index (χ2v) is 10.1. The van der Waals surface area contributed by atoms with Crippen molar-refractivity contribution in [2.45, 2.75) is 39.3 Å². The second kappa shape index (κ2) is 12.1. The number of hydrogen-bond acceptors (Lipinski definition) is 4. The molecule has 11 heteroatoms. The van der Waals surface area contributed by atoms with E-state index < -0.39 is 46.1 Å². The molecule has 0 aromatic heterocycles. The fourth-order valence-electron chi connectivity index (χ4n) is 3.18. The number of nitrogens with zero attached hydrogens (tertiary/aromatic N) is 2. The van der Waals surface area contributed by atoms with Gasteiger partial charge in [-0.05, 0) is 37.1 Å². The van der Waals surface area contributed by atoms with Crippen LogP contribution in [0.5, 0.6) is 0 Å². The van der Waals surface area contributed by atoms with Crippen LogP contribution in [-0.2, 0) is 26.2 Å². The second-order valence-electron chi connectivity index (χ2n) is 7.80. The van der Waals surface area contributed by atoms with Gasteiger partial charge in [0.05, 0.1) is 11.9 Å². The molecule has 0 bridgehead atoms. The lowest BCUT2D eigenvalue weighted by molar-refractivity contribution is -0.139. The predicted molar refractivity (Wildman–Crippen MR) is 128 cm³/mol. The number of amides is 2. The normalized spacial score (nSPS) is 12.2. The molecule has 7 nitrogen and oxygen atoms in total. The summed E-state index contributed by atoms with van der Waals surface area (Å²) >= 11 is 6.24. The van der Waals surface area contributed by atoms with Crippen LogP contribution in [0, 0.1) is 11.6 Å². The number of halogens is 3. The quantitative estimate of drug-likeness (QED) is 0.462. The number of anilines is 1. The third-order valence-corrected chi connectivity index (χ3v) is 6.68. The van der Waals surface area contributed by atoms with Gasteiger partial charge in [0.2, 0.25) is 21.8 Å². The van der Waals surface area contributed by atoms with Gasteiger partial charge in [-0.1, -0.05) is 43.1 Å². The maximum absolute atomic E-state index is 13.8. The van der Waals surface area contributed by atoms with Crippen LogP contribution in [0.4, 0.5) is 14.5 Å². The largest absolute Gasteiger partial charge is 0.354 e. The molecule has 0 unspecified atom stereocenters. The molecule has 2 aromatic carbocycles. The summed E-state index contributed by atoms with van der Waals surface area (Å²) < 4.78 is 52.7. The van der Waals surface area contributed by atoms with Crippen LogP contribution < -0.4 is 9.62 Å². The number of carbonyl (C=O) groups excluding carboxylic acids is 2. The highest BCUT2D eigenvalue weighted by Gasteiger charge is 2.30. The van der Waals surface area contributed by atoms with E-state index in [1.165, 1.54) is 11.8 Å². The SMILES string of the molecule is CCCCNC(=O)[C@H](C)N(Cc1ccccc1Cl)C(=O)CN(c1ccc(F)c(F)c1)S(C)(=O)=O. The summed E-state index contributed by atoms with van der Waals surface area (Å²) in [6.45, 7) is 3.15. The summed E-state index contributed by atoms with van der Waals surface area (Å²) in [5.74, 6) is -3.53. The van der Waals surface area contributed by atoms with Crippen LogP contribution in [0.25, 0.3) is 0 Å². The lowest BCUT2D eigenvalue weighted by Gasteiger charge is -2.31. The molecule has 0 aliphatic rings. The molecule has 2 aromatic rings. The third-order valence-electron chi connectivity index (χ3n) is 5.17. The Kier molecular flexibility index (Phi) is 9.81. The lowest BCUT2D eigenvalue weighted by atomic mass is 10.1. The molecule has 0 radical (unpaired) electrons. The Hall–Kier alpha value is -2.72. The fraction of sp³-hybridized carbons (Fsp3) is 0.391. The molecule has 34 heavy (non-hydrogen) atoms. The summed E-state index contributed by atoms with van der Waals surface area (Å²) in [6, 6.07) is 8.34. The van der Waals surface area contributed by atoms with Crippen molar-refractivity contribution in [3.05, 3.63) is 64.7 Å². The number of hydrogen-bond donors (Lipinski definition) is 1. The molecular weight excluding hydrogens is 488 g/mol. The zero-order chi connectivity index (χ0) is 25.5. The molecule has 0 fully saturated rings. The average Bonchev–Trinajstić information content (AvgIpc) is 2.77. The first-order valence-electron chi connectivity index (χ1n) is 10.7. The summed E-state index contributed by atoms with van der Waals surface area (Å²) in [7, 11) is -4.05. The van der Waals surface area contributed by atoms with E-state index in [0.29, 0.717) is 27.5 Å². The van der Waals surface area contributed by atoms with Crippen LogP contribution in [0.3, 0.4) is 0 Å². The molecule has 0 saturated carbocycles. The number of sulfonamides is 1. The van der Waals surface area contributed by atoms with Crippen molar-refractivity contribution in [2.75, 3.05) is 23.7 Å². The molecule has 2 amide bonds. The van der Waals surface area contributed by atoms with Gasteiger partial charge in [-0.2, -0.15) is 0 Å². The van der Waals surface area contributed by atoms with E-state index in [-0.39, 0.29) is 12.2 Å². The Morgan fingerprint density at radius 3 is 2.38 bits per heavy atom.